The van der Waals surface area contributed by atoms with Crippen LogP contribution in [0.5, 0.6) is 0 Å². The van der Waals surface area contributed by atoms with E-state index in [1.807, 2.05) is 6.21 Å². The second-order valence-electron chi connectivity index (χ2n) is 2.43. The summed E-state index contributed by atoms with van der Waals surface area (Å²) >= 11 is 0. The van der Waals surface area contributed by atoms with E-state index in [2.05, 4.69) is 18.8 Å². The lowest BCUT2D eigenvalue weighted by atomic mass is 10.3. The topological polar surface area (TPSA) is 24.9 Å². The fourth-order valence-corrected chi connectivity index (χ4v) is 0.490. The van der Waals surface area contributed by atoms with Crippen LogP contribution in [0.2, 0.25) is 0 Å². The Labute approximate surface area is 55.9 Å². The maximum atomic E-state index is 4.95. The summed E-state index contributed by atoms with van der Waals surface area (Å²) < 4.78 is 4.95. The molecule has 52 valence electrons. The third-order valence-corrected chi connectivity index (χ3v) is 1.46. The quantitative estimate of drug-likeness (QED) is 0.413. The molecule has 0 spiro atoms. The van der Waals surface area contributed by atoms with Gasteiger partial charge in [-0.1, -0.05) is 6.92 Å². The minimum atomic E-state index is 0.346. The molecule has 0 aromatic rings. The highest BCUT2D eigenvalue weighted by atomic mass is 16.6. The standard InChI is InChI=1S/C7H13NO/c1-3-6(2)8-4-7-5-9-7/h4,6-7H,3,5H2,1-2H3. The highest BCUT2D eigenvalue weighted by molar-refractivity contribution is 5.65. The molecule has 1 rings (SSSR count). The van der Waals surface area contributed by atoms with E-state index in [4.69, 9.17) is 4.74 Å². The Balaban J connectivity index is 2.12. The van der Waals surface area contributed by atoms with Gasteiger partial charge >= 0.3 is 0 Å². The predicted octanol–water partition coefficient (Wildman–Crippen LogP) is 1.25. The summed E-state index contributed by atoms with van der Waals surface area (Å²) in [6, 6.07) is 0.467. The lowest BCUT2D eigenvalue weighted by Gasteiger charge is -1.97. The van der Waals surface area contributed by atoms with Crippen LogP contribution in [0, 0.1) is 0 Å². The summed E-state index contributed by atoms with van der Waals surface area (Å²) in [4.78, 5) is 4.25. The Morgan fingerprint density at radius 3 is 3.00 bits per heavy atom. The van der Waals surface area contributed by atoms with Crippen LogP contribution in [-0.4, -0.2) is 25.0 Å². The molecule has 1 aliphatic heterocycles. The van der Waals surface area contributed by atoms with Gasteiger partial charge in [0.2, 0.25) is 0 Å². The van der Waals surface area contributed by atoms with Crippen molar-refractivity contribution >= 4 is 6.21 Å². The SMILES string of the molecule is CCC(C)N=CC1CO1. The van der Waals surface area contributed by atoms with Gasteiger partial charge in [0.05, 0.1) is 6.61 Å². The Hall–Kier alpha value is -0.370. The van der Waals surface area contributed by atoms with Crippen molar-refractivity contribution < 1.29 is 4.74 Å². The van der Waals surface area contributed by atoms with Gasteiger partial charge in [-0.05, 0) is 13.3 Å². The van der Waals surface area contributed by atoms with Gasteiger partial charge in [0.15, 0.2) is 0 Å². The molecule has 0 aromatic carbocycles. The summed E-state index contributed by atoms with van der Waals surface area (Å²) in [5.41, 5.74) is 0. The molecule has 9 heavy (non-hydrogen) atoms. The van der Waals surface area contributed by atoms with Crippen LogP contribution >= 0.6 is 0 Å². The number of rotatable bonds is 3. The largest absolute Gasteiger partial charge is 0.367 e. The van der Waals surface area contributed by atoms with Crippen molar-refractivity contribution in [2.75, 3.05) is 6.61 Å². The fourth-order valence-electron chi connectivity index (χ4n) is 0.490. The van der Waals surface area contributed by atoms with Crippen molar-refractivity contribution in [3.05, 3.63) is 0 Å². The number of ether oxygens (including phenoxy) is 1. The second kappa shape index (κ2) is 2.97. The van der Waals surface area contributed by atoms with Crippen molar-refractivity contribution in [1.82, 2.24) is 0 Å². The zero-order valence-corrected chi connectivity index (χ0v) is 6.00. The maximum absolute atomic E-state index is 4.95. The molecule has 2 atom stereocenters. The van der Waals surface area contributed by atoms with Gasteiger partial charge in [-0.2, -0.15) is 0 Å². The molecule has 2 nitrogen and oxygen atoms in total. The molecular weight excluding hydrogens is 114 g/mol. The first-order valence-corrected chi connectivity index (χ1v) is 3.48. The van der Waals surface area contributed by atoms with E-state index in [1.54, 1.807) is 0 Å². The third-order valence-electron chi connectivity index (χ3n) is 1.46. The monoisotopic (exact) mass is 127 g/mol. The predicted molar refractivity (Wildman–Crippen MR) is 38.0 cm³/mol. The van der Waals surface area contributed by atoms with Crippen molar-refractivity contribution in [3.63, 3.8) is 0 Å². The van der Waals surface area contributed by atoms with E-state index in [0.717, 1.165) is 13.0 Å². The number of epoxide rings is 1. The third kappa shape index (κ3) is 2.61. The smallest absolute Gasteiger partial charge is 0.116 e. The Bertz CT molecular complexity index is 107. The van der Waals surface area contributed by atoms with E-state index in [0.29, 0.717) is 12.1 Å². The number of aliphatic imine (C=N–C) groups is 1. The highest BCUT2D eigenvalue weighted by Crippen LogP contribution is 2.05. The van der Waals surface area contributed by atoms with Crippen LogP contribution in [0.3, 0.4) is 0 Å². The summed E-state index contributed by atoms with van der Waals surface area (Å²) in [5, 5.41) is 0. The summed E-state index contributed by atoms with van der Waals surface area (Å²) in [6.07, 6.45) is 3.37. The first-order chi connectivity index (χ1) is 4.33. The van der Waals surface area contributed by atoms with Crippen molar-refractivity contribution in [1.29, 1.82) is 0 Å². The molecule has 0 aliphatic carbocycles. The van der Waals surface area contributed by atoms with E-state index in [9.17, 15) is 0 Å². The van der Waals surface area contributed by atoms with Crippen LogP contribution in [0.25, 0.3) is 0 Å². The number of hydrogen-bond acceptors (Lipinski definition) is 2. The first kappa shape index (κ1) is 6.75. The van der Waals surface area contributed by atoms with Gasteiger partial charge < -0.3 is 4.74 Å². The second-order valence-corrected chi connectivity index (χ2v) is 2.43. The van der Waals surface area contributed by atoms with Crippen molar-refractivity contribution in [2.24, 2.45) is 4.99 Å². The Morgan fingerprint density at radius 2 is 2.56 bits per heavy atom. The molecule has 1 fully saturated rings. The van der Waals surface area contributed by atoms with Gasteiger partial charge in [-0.25, -0.2) is 0 Å². The van der Waals surface area contributed by atoms with Gasteiger partial charge in [0.1, 0.15) is 6.10 Å². The Morgan fingerprint density at radius 1 is 1.89 bits per heavy atom. The summed E-state index contributed by atoms with van der Waals surface area (Å²) in [6.45, 7) is 5.12. The van der Waals surface area contributed by atoms with Gasteiger partial charge in [-0.3, -0.25) is 4.99 Å². The van der Waals surface area contributed by atoms with E-state index in [1.165, 1.54) is 0 Å². The van der Waals surface area contributed by atoms with E-state index < -0.39 is 0 Å². The lowest BCUT2D eigenvalue weighted by molar-refractivity contribution is 0.451. The minimum Gasteiger partial charge on any atom is -0.367 e. The van der Waals surface area contributed by atoms with Crippen LogP contribution in [-0.2, 0) is 4.74 Å². The van der Waals surface area contributed by atoms with Crippen LogP contribution < -0.4 is 0 Å². The average Bonchev–Trinajstić information content (AvgIpc) is 2.65. The minimum absolute atomic E-state index is 0.346. The molecule has 2 heteroatoms. The molecule has 0 N–H and O–H groups in total. The van der Waals surface area contributed by atoms with Gasteiger partial charge in [0.25, 0.3) is 0 Å². The highest BCUT2D eigenvalue weighted by Gasteiger charge is 2.19. The first-order valence-electron chi connectivity index (χ1n) is 3.48. The zero-order chi connectivity index (χ0) is 6.69. The maximum Gasteiger partial charge on any atom is 0.116 e. The normalized spacial score (nSPS) is 28.9. The van der Waals surface area contributed by atoms with E-state index >= 15 is 0 Å². The molecule has 2 unspecified atom stereocenters. The van der Waals surface area contributed by atoms with Crippen LogP contribution in [0.15, 0.2) is 4.99 Å². The molecule has 1 aliphatic rings. The summed E-state index contributed by atoms with van der Waals surface area (Å²) in [5.74, 6) is 0. The van der Waals surface area contributed by atoms with Crippen molar-refractivity contribution in [3.8, 4) is 0 Å². The molecule has 1 saturated heterocycles. The molecular formula is C7H13NO. The molecule has 0 bridgehead atoms. The van der Waals surface area contributed by atoms with Crippen molar-refractivity contribution in [2.45, 2.75) is 32.4 Å². The average molecular weight is 127 g/mol. The fraction of sp³-hybridized carbons (Fsp3) is 0.857. The Kier molecular flexibility index (Phi) is 2.22. The molecule has 0 amide bonds. The molecule has 0 saturated carbocycles. The number of hydrogen-bond donors (Lipinski definition) is 0. The molecule has 0 radical (unpaired) electrons. The summed E-state index contributed by atoms with van der Waals surface area (Å²) in [7, 11) is 0. The molecule has 1 heterocycles. The molecule has 0 aromatic heterocycles. The van der Waals surface area contributed by atoms with Crippen LogP contribution in [0.4, 0.5) is 0 Å². The lowest BCUT2D eigenvalue weighted by Crippen LogP contribution is -1.97. The van der Waals surface area contributed by atoms with E-state index in [-0.39, 0.29) is 0 Å². The zero-order valence-electron chi connectivity index (χ0n) is 6.00. The van der Waals surface area contributed by atoms with Gasteiger partial charge in [-0.15, -0.1) is 0 Å². The number of nitrogens with zero attached hydrogens (tertiary/aromatic N) is 1. The van der Waals surface area contributed by atoms with Crippen LogP contribution in [0.1, 0.15) is 20.3 Å². The van der Waals surface area contributed by atoms with Gasteiger partial charge in [0, 0.05) is 12.3 Å².